The van der Waals surface area contributed by atoms with E-state index in [2.05, 4.69) is 15.2 Å². The first-order valence-corrected chi connectivity index (χ1v) is 11.3. The molecule has 2 N–H and O–H groups in total. The number of nitrogens with zero attached hydrogens (tertiary/aromatic N) is 6. The van der Waals surface area contributed by atoms with E-state index in [4.69, 9.17) is 23.2 Å². The van der Waals surface area contributed by atoms with Crippen molar-refractivity contribution in [1.82, 2.24) is 29.1 Å². The molecule has 0 aliphatic carbocycles. The normalized spacial score (nSPS) is 12.6. The van der Waals surface area contributed by atoms with E-state index in [0.717, 1.165) is 9.36 Å². The Hall–Kier alpha value is -3.68. The van der Waals surface area contributed by atoms with Gasteiger partial charge in [-0.2, -0.15) is 18.3 Å². The minimum atomic E-state index is -4.98. The Morgan fingerprint density at radius 3 is 2.32 bits per heavy atom. The van der Waals surface area contributed by atoms with Crippen LogP contribution in [0.4, 0.5) is 13.2 Å². The molecule has 0 spiro atoms. The molecule has 0 saturated carbocycles. The highest BCUT2D eigenvalue weighted by Crippen LogP contribution is 2.26. The molecule has 2 aromatic carbocycles. The van der Waals surface area contributed by atoms with Crippen molar-refractivity contribution in [1.29, 1.82) is 0 Å². The van der Waals surface area contributed by atoms with E-state index in [-0.39, 0.29) is 23.0 Å². The number of alkyl halides is 3. The zero-order chi connectivity index (χ0) is 26.9. The summed E-state index contributed by atoms with van der Waals surface area (Å²) in [5.41, 5.74) is -0.321. The first-order valence-electron chi connectivity index (χ1n) is 10.5. The van der Waals surface area contributed by atoms with Gasteiger partial charge in [0.15, 0.2) is 17.8 Å². The van der Waals surface area contributed by atoms with Gasteiger partial charge in [0.05, 0.1) is 11.6 Å². The lowest BCUT2D eigenvalue weighted by molar-refractivity contribution is -0.207. The van der Waals surface area contributed by atoms with Gasteiger partial charge in [0, 0.05) is 16.1 Å². The van der Waals surface area contributed by atoms with Crippen molar-refractivity contribution in [3.63, 3.8) is 0 Å². The third kappa shape index (κ3) is 5.84. The lowest BCUT2D eigenvalue weighted by atomic mass is 10.2. The van der Waals surface area contributed by atoms with Crippen LogP contribution in [0.25, 0.3) is 22.8 Å². The number of carbonyl (C=O) groups is 1. The van der Waals surface area contributed by atoms with Crippen LogP contribution in [0.3, 0.4) is 0 Å². The number of hydrogen-bond donors (Lipinski definition) is 2. The number of aliphatic carboxylic acids is 1. The molecule has 37 heavy (non-hydrogen) atoms. The molecule has 0 saturated heterocycles. The average Bonchev–Trinajstić information content (AvgIpc) is 3.35. The van der Waals surface area contributed by atoms with Gasteiger partial charge >= 0.3 is 17.8 Å². The third-order valence-electron chi connectivity index (χ3n) is 5.20. The van der Waals surface area contributed by atoms with Crippen molar-refractivity contribution in [3.8, 4) is 22.8 Å². The zero-order valence-corrected chi connectivity index (χ0v) is 20.1. The third-order valence-corrected chi connectivity index (χ3v) is 5.78. The van der Waals surface area contributed by atoms with Crippen LogP contribution in [0.2, 0.25) is 10.0 Å². The number of carboxylic acids is 1. The van der Waals surface area contributed by atoms with Gasteiger partial charge in [-0.05, 0) is 36.4 Å². The number of aliphatic hydroxyl groups is 1. The second-order valence-corrected chi connectivity index (χ2v) is 8.67. The van der Waals surface area contributed by atoms with Gasteiger partial charge in [-0.15, -0.1) is 5.10 Å². The minimum absolute atomic E-state index is 0.0110. The maximum atomic E-state index is 13.1. The van der Waals surface area contributed by atoms with Gasteiger partial charge in [-0.25, -0.2) is 19.1 Å². The Bertz CT molecular complexity index is 1500. The topological polar surface area (TPSA) is 128 Å². The summed E-state index contributed by atoms with van der Waals surface area (Å²) in [6.45, 7) is -2.16. The number of hydrogen-bond acceptors (Lipinski definition) is 6. The van der Waals surface area contributed by atoms with E-state index in [1.54, 1.807) is 24.3 Å². The number of rotatable bonds is 8. The summed E-state index contributed by atoms with van der Waals surface area (Å²) in [7, 11) is 0. The maximum Gasteiger partial charge on any atom is 0.416 e. The number of aliphatic hydroxyl groups excluding tert-OH is 1. The molecule has 0 unspecified atom stereocenters. The van der Waals surface area contributed by atoms with Crippen molar-refractivity contribution in [3.05, 3.63) is 74.9 Å². The van der Waals surface area contributed by atoms with Gasteiger partial charge in [-0.3, -0.25) is 9.36 Å². The average molecular weight is 557 g/mol. The Balaban J connectivity index is 1.80. The predicted molar refractivity (Wildman–Crippen MR) is 126 cm³/mol. The predicted octanol–water partition coefficient (Wildman–Crippen LogP) is 3.33. The van der Waals surface area contributed by atoms with Crippen LogP contribution in [0.5, 0.6) is 0 Å². The highest BCUT2D eigenvalue weighted by molar-refractivity contribution is 6.33. The van der Waals surface area contributed by atoms with E-state index >= 15 is 0 Å². The molecule has 4 aromatic rings. The van der Waals surface area contributed by atoms with Crippen molar-refractivity contribution < 1.29 is 28.2 Å². The van der Waals surface area contributed by atoms with Gasteiger partial charge in [0.2, 0.25) is 0 Å². The van der Waals surface area contributed by atoms with Crippen LogP contribution < -0.4 is 5.69 Å². The summed E-state index contributed by atoms with van der Waals surface area (Å²) < 4.78 is 41.8. The van der Waals surface area contributed by atoms with Crippen molar-refractivity contribution in [2.45, 2.75) is 31.9 Å². The minimum Gasteiger partial charge on any atom is -0.480 e. The number of aromatic nitrogens is 6. The fraction of sp³-hybridized carbons (Fsp3) is 0.227. The molecule has 0 bridgehead atoms. The quantitative estimate of drug-likeness (QED) is 0.340. The second-order valence-electron chi connectivity index (χ2n) is 7.82. The summed E-state index contributed by atoms with van der Waals surface area (Å²) in [4.78, 5) is 28.8. The van der Waals surface area contributed by atoms with Crippen LogP contribution in [0, 0.1) is 0 Å². The van der Waals surface area contributed by atoms with Crippen molar-refractivity contribution >= 4 is 29.2 Å². The van der Waals surface area contributed by atoms with Crippen molar-refractivity contribution in [2.24, 2.45) is 0 Å². The van der Waals surface area contributed by atoms with Gasteiger partial charge < -0.3 is 10.2 Å². The van der Waals surface area contributed by atoms with Crippen LogP contribution in [-0.4, -0.2) is 57.6 Å². The van der Waals surface area contributed by atoms with E-state index in [1.165, 1.54) is 24.3 Å². The fourth-order valence-corrected chi connectivity index (χ4v) is 3.78. The van der Waals surface area contributed by atoms with Crippen LogP contribution in [0.1, 0.15) is 5.82 Å². The Kier molecular flexibility index (Phi) is 7.39. The molecule has 0 fully saturated rings. The molecule has 0 radical (unpaired) electrons. The summed E-state index contributed by atoms with van der Waals surface area (Å²) in [5.74, 6) is -1.34. The molecule has 4 rings (SSSR count). The molecule has 10 nitrogen and oxygen atoms in total. The largest absolute Gasteiger partial charge is 0.480 e. The molecule has 194 valence electrons. The van der Waals surface area contributed by atoms with Gasteiger partial charge in [-0.1, -0.05) is 35.3 Å². The molecular weight excluding hydrogens is 540 g/mol. The standard InChI is InChI=1S/C22H17Cl2F3N6O4/c23-13-7-5-12(6-8-13)20-30-33(21(37)31(20)9-16(34)22(25,26)27)10-17-28-19(29-32(17)11-18(35)36)14-3-1-2-4-15(14)24/h1-8,16,34H,9-11H2,(H,35,36)/t16-/m0/s1. The first-order chi connectivity index (χ1) is 17.4. The van der Waals surface area contributed by atoms with E-state index in [1.807, 2.05) is 0 Å². The monoisotopic (exact) mass is 556 g/mol. The molecule has 15 heteroatoms. The van der Waals surface area contributed by atoms with E-state index in [9.17, 15) is 33.0 Å². The Labute approximate surface area is 216 Å². The van der Waals surface area contributed by atoms with Crippen LogP contribution in [-0.2, 0) is 24.4 Å². The number of halogens is 5. The molecule has 0 aliphatic heterocycles. The highest BCUT2D eigenvalue weighted by Gasteiger charge is 2.39. The zero-order valence-electron chi connectivity index (χ0n) is 18.6. The molecule has 1 atom stereocenters. The summed E-state index contributed by atoms with van der Waals surface area (Å²) >= 11 is 12.1. The second kappa shape index (κ2) is 10.4. The lowest BCUT2D eigenvalue weighted by Gasteiger charge is -2.15. The van der Waals surface area contributed by atoms with E-state index in [0.29, 0.717) is 20.2 Å². The lowest BCUT2D eigenvalue weighted by Crippen LogP contribution is -2.37. The molecule has 0 aliphatic rings. The first kappa shape index (κ1) is 26.4. The van der Waals surface area contributed by atoms with Gasteiger partial charge in [0.1, 0.15) is 18.9 Å². The maximum absolute atomic E-state index is 13.1. The molecular formula is C22H17Cl2F3N6O4. The van der Waals surface area contributed by atoms with E-state index < -0.39 is 43.6 Å². The summed E-state index contributed by atoms with van der Waals surface area (Å²) in [5, 5.41) is 27.9. The Morgan fingerprint density at radius 2 is 1.70 bits per heavy atom. The van der Waals surface area contributed by atoms with Crippen LogP contribution >= 0.6 is 23.2 Å². The smallest absolute Gasteiger partial charge is 0.416 e. The molecule has 0 amide bonds. The fourth-order valence-electron chi connectivity index (χ4n) is 3.43. The van der Waals surface area contributed by atoms with Crippen LogP contribution in [0.15, 0.2) is 53.3 Å². The molecule has 2 aromatic heterocycles. The molecule has 2 heterocycles. The summed E-state index contributed by atoms with van der Waals surface area (Å²) in [6.07, 6.45) is -7.82. The summed E-state index contributed by atoms with van der Waals surface area (Å²) in [6, 6.07) is 12.4. The van der Waals surface area contributed by atoms with Gasteiger partial charge in [0.25, 0.3) is 0 Å². The SMILES string of the molecule is O=C(O)Cn1nc(-c2ccccc2Cl)nc1Cn1nc(-c2ccc(Cl)cc2)n(C[C@H](O)C(F)(F)F)c1=O. The van der Waals surface area contributed by atoms with Crippen molar-refractivity contribution in [2.75, 3.05) is 0 Å². The number of benzene rings is 2. The number of carboxylic acid groups (broad SMARTS) is 1. The Morgan fingerprint density at radius 1 is 1.03 bits per heavy atom. The highest BCUT2D eigenvalue weighted by atomic mass is 35.5.